The van der Waals surface area contributed by atoms with Crippen LogP contribution in [-0.2, 0) is 15.0 Å². The Morgan fingerprint density at radius 3 is 2.35 bits per heavy atom. The molecule has 0 amide bonds. The topological polar surface area (TPSA) is 90.0 Å². The Balaban J connectivity index is 1.51. The van der Waals surface area contributed by atoms with Crippen molar-refractivity contribution in [3.05, 3.63) is 29.8 Å². The molecule has 2 aliphatic rings. The number of hydrogen-bond donors (Lipinski definition) is 2. The second-order valence-corrected chi connectivity index (χ2v) is 8.94. The highest BCUT2D eigenvalue weighted by molar-refractivity contribution is 7.87. The molecule has 3 rings (SSSR count). The lowest BCUT2D eigenvalue weighted by Gasteiger charge is -2.36. The number of carboxylic acids is 1. The molecule has 0 bridgehead atoms. The van der Waals surface area contributed by atoms with Crippen LogP contribution in [0.3, 0.4) is 0 Å². The fraction of sp³-hybridized carbons (Fsp3) is 0.611. The molecule has 7 nitrogen and oxygen atoms in total. The van der Waals surface area contributed by atoms with Gasteiger partial charge in [-0.15, -0.1) is 0 Å². The van der Waals surface area contributed by atoms with E-state index in [0.717, 1.165) is 25.9 Å². The van der Waals surface area contributed by atoms with Crippen LogP contribution in [-0.4, -0.2) is 56.0 Å². The molecule has 1 aromatic rings. The van der Waals surface area contributed by atoms with E-state index in [1.807, 2.05) is 6.07 Å². The van der Waals surface area contributed by atoms with Gasteiger partial charge >= 0.3 is 5.97 Å². The number of nitrogens with one attached hydrogen (secondary N) is 1. The highest BCUT2D eigenvalue weighted by atomic mass is 32.2. The summed E-state index contributed by atoms with van der Waals surface area (Å²) < 4.78 is 29.4. The number of aliphatic carboxylic acids is 1. The minimum atomic E-state index is -3.55. The zero-order valence-corrected chi connectivity index (χ0v) is 15.9. The summed E-state index contributed by atoms with van der Waals surface area (Å²) in [6, 6.07) is 8.28. The zero-order valence-electron chi connectivity index (χ0n) is 15.1. The van der Waals surface area contributed by atoms with Crippen molar-refractivity contribution in [1.29, 1.82) is 0 Å². The lowest BCUT2D eigenvalue weighted by molar-refractivity contribution is -0.142. The molecule has 0 unspecified atom stereocenters. The van der Waals surface area contributed by atoms with Crippen molar-refractivity contribution < 1.29 is 18.3 Å². The zero-order chi connectivity index (χ0) is 18.7. The predicted molar refractivity (Wildman–Crippen MR) is 100 cm³/mol. The number of nitrogens with zero attached hydrogens (tertiary/aromatic N) is 2. The highest BCUT2D eigenvalue weighted by Gasteiger charge is 2.33. The Labute approximate surface area is 155 Å². The monoisotopic (exact) mass is 381 g/mol. The molecule has 2 aliphatic heterocycles. The van der Waals surface area contributed by atoms with E-state index in [4.69, 9.17) is 5.11 Å². The fourth-order valence-electron chi connectivity index (χ4n) is 3.71. The summed E-state index contributed by atoms with van der Waals surface area (Å²) in [5, 5.41) is 9.04. The number of aryl methyl sites for hydroxylation is 1. The van der Waals surface area contributed by atoms with Crippen molar-refractivity contribution in [2.45, 2.75) is 38.6 Å². The lowest BCUT2D eigenvalue weighted by atomic mass is 9.99. The van der Waals surface area contributed by atoms with Gasteiger partial charge in [-0.3, -0.25) is 4.79 Å². The van der Waals surface area contributed by atoms with E-state index in [-0.39, 0.29) is 19.1 Å². The largest absolute Gasteiger partial charge is 0.481 e. The molecule has 2 heterocycles. The van der Waals surface area contributed by atoms with Crippen LogP contribution in [0.1, 0.15) is 31.2 Å². The molecule has 2 fully saturated rings. The molecule has 0 spiro atoms. The Bertz CT molecular complexity index is 737. The second kappa shape index (κ2) is 7.94. The molecule has 144 valence electrons. The first-order valence-corrected chi connectivity index (χ1v) is 10.6. The summed E-state index contributed by atoms with van der Waals surface area (Å²) >= 11 is 0. The van der Waals surface area contributed by atoms with Crippen molar-refractivity contribution in [1.82, 2.24) is 9.03 Å². The number of anilines is 1. The van der Waals surface area contributed by atoms with Gasteiger partial charge in [0.2, 0.25) is 0 Å². The van der Waals surface area contributed by atoms with E-state index in [1.54, 1.807) is 0 Å². The molecule has 0 aromatic heterocycles. The van der Waals surface area contributed by atoms with E-state index in [0.29, 0.717) is 12.8 Å². The van der Waals surface area contributed by atoms with E-state index in [1.165, 1.54) is 15.6 Å². The normalized spacial score (nSPS) is 21.0. The second-order valence-electron chi connectivity index (χ2n) is 7.23. The maximum absolute atomic E-state index is 12.6. The summed E-state index contributed by atoms with van der Waals surface area (Å²) in [6.45, 7) is 4.25. The minimum absolute atomic E-state index is 0.0711. The van der Waals surface area contributed by atoms with E-state index in [2.05, 4.69) is 34.7 Å². The van der Waals surface area contributed by atoms with Gasteiger partial charge in [-0.2, -0.15) is 17.4 Å². The Morgan fingerprint density at radius 1 is 1.12 bits per heavy atom. The quantitative estimate of drug-likeness (QED) is 0.808. The van der Waals surface area contributed by atoms with Crippen LogP contribution >= 0.6 is 0 Å². The molecule has 0 atom stereocenters. The number of benzene rings is 1. The van der Waals surface area contributed by atoms with Gasteiger partial charge in [0.05, 0.1) is 5.92 Å². The number of carbonyl (C=O) groups is 1. The average Bonchev–Trinajstić information content (AvgIpc) is 2.62. The fourth-order valence-corrected chi connectivity index (χ4v) is 5.21. The molecule has 2 N–H and O–H groups in total. The molecule has 2 saturated heterocycles. The maximum Gasteiger partial charge on any atom is 0.306 e. The SMILES string of the molecule is Cc1cccc(N2CCC(NS(=O)(=O)N3CCC(C(=O)O)CC3)CC2)c1. The molecule has 1 aromatic carbocycles. The van der Waals surface area contributed by atoms with Crippen molar-refractivity contribution in [3.8, 4) is 0 Å². The van der Waals surface area contributed by atoms with Gasteiger partial charge in [0.15, 0.2) is 0 Å². The highest BCUT2D eigenvalue weighted by Crippen LogP contribution is 2.23. The summed E-state index contributed by atoms with van der Waals surface area (Å²) in [4.78, 5) is 13.3. The van der Waals surface area contributed by atoms with Gasteiger partial charge in [-0.25, -0.2) is 0 Å². The predicted octanol–water partition coefficient (Wildman–Crippen LogP) is 1.59. The van der Waals surface area contributed by atoms with Gasteiger partial charge in [-0.1, -0.05) is 12.1 Å². The maximum atomic E-state index is 12.6. The van der Waals surface area contributed by atoms with Crippen molar-refractivity contribution in [3.63, 3.8) is 0 Å². The first kappa shape index (κ1) is 19.1. The van der Waals surface area contributed by atoms with Crippen LogP contribution in [0.25, 0.3) is 0 Å². The molecule has 0 radical (unpaired) electrons. The number of carboxylic acid groups (broad SMARTS) is 1. The van der Waals surface area contributed by atoms with Crippen LogP contribution in [0, 0.1) is 12.8 Å². The third-order valence-corrected chi connectivity index (χ3v) is 7.00. The number of piperidine rings is 2. The summed E-state index contributed by atoms with van der Waals surface area (Å²) in [6.07, 6.45) is 2.28. The van der Waals surface area contributed by atoms with Crippen molar-refractivity contribution in [2.75, 3.05) is 31.1 Å². The molecule has 26 heavy (non-hydrogen) atoms. The summed E-state index contributed by atoms with van der Waals surface area (Å²) in [7, 11) is -3.55. The summed E-state index contributed by atoms with van der Waals surface area (Å²) in [5.74, 6) is -1.27. The van der Waals surface area contributed by atoms with Crippen LogP contribution in [0.5, 0.6) is 0 Å². The van der Waals surface area contributed by atoms with Crippen LogP contribution in [0.15, 0.2) is 24.3 Å². The summed E-state index contributed by atoms with van der Waals surface area (Å²) in [5.41, 5.74) is 2.40. The van der Waals surface area contributed by atoms with Crippen LogP contribution in [0.2, 0.25) is 0 Å². The van der Waals surface area contributed by atoms with Crippen molar-refractivity contribution >= 4 is 21.9 Å². The molecular formula is C18H27N3O4S. The lowest BCUT2D eigenvalue weighted by Crippen LogP contribution is -2.51. The van der Waals surface area contributed by atoms with Crippen molar-refractivity contribution in [2.24, 2.45) is 5.92 Å². The van der Waals surface area contributed by atoms with E-state index >= 15 is 0 Å². The Kier molecular flexibility index (Phi) is 5.84. The third-order valence-electron chi connectivity index (χ3n) is 5.32. The Morgan fingerprint density at radius 2 is 1.77 bits per heavy atom. The van der Waals surface area contributed by atoms with E-state index < -0.39 is 22.1 Å². The molecule has 8 heteroatoms. The van der Waals surface area contributed by atoms with Gasteiger partial charge in [-0.05, 0) is 50.3 Å². The standard InChI is InChI=1S/C18H27N3O4S/c1-14-3-2-4-17(13-14)20-9-7-16(8-10-20)19-26(24,25)21-11-5-15(6-12-21)18(22)23/h2-4,13,15-16,19H,5-12H2,1H3,(H,22,23). The first-order chi connectivity index (χ1) is 12.3. The average molecular weight is 381 g/mol. The van der Waals surface area contributed by atoms with Gasteiger partial charge in [0, 0.05) is 37.9 Å². The van der Waals surface area contributed by atoms with Gasteiger partial charge in [0.25, 0.3) is 10.2 Å². The molecule has 0 saturated carbocycles. The third kappa shape index (κ3) is 4.55. The van der Waals surface area contributed by atoms with Gasteiger partial charge < -0.3 is 10.0 Å². The number of hydrogen-bond acceptors (Lipinski definition) is 4. The van der Waals surface area contributed by atoms with Crippen LogP contribution < -0.4 is 9.62 Å². The smallest absolute Gasteiger partial charge is 0.306 e. The molecule has 0 aliphatic carbocycles. The Hall–Kier alpha value is -1.64. The van der Waals surface area contributed by atoms with Crippen LogP contribution in [0.4, 0.5) is 5.69 Å². The first-order valence-electron chi connectivity index (χ1n) is 9.17. The molecular weight excluding hydrogens is 354 g/mol. The van der Waals surface area contributed by atoms with E-state index in [9.17, 15) is 13.2 Å². The minimum Gasteiger partial charge on any atom is -0.481 e. The number of rotatable bonds is 5. The van der Waals surface area contributed by atoms with Gasteiger partial charge in [0.1, 0.15) is 0 Å².